The molecule has 3 aromatic rings. The number of carbonyl (C=O) groups excluding carboxylic acids is 1. The molecule has 24 heavy (non-hydrogen) atoms. The summed E-state index contributed by atoms with van der Waals surface area (Å²) in [6.45, 7) is 5.40. The largest absolute Gasteiger partial charge is 0.337 e. The maximum atomic E-state index is 13.1. The highest BCUT2D eigenvalue weighted by atomic mass is 16.2. The van der Waals surface area contributed by atoms with Crippen LogP contribution < -0.4 is 0 Å². The van der Waals surface area contributed by atoms with Crippen LogP contribution in [0, 0.1) is 0 Å². The zero-order chi connectivity index (χ0) is 16.9. The number of rotatable bonds is 6. The second-order valence-electron chi connectivity index (χ2n) is 5.68. The summed E-state index contributed by atoms with van der Waals surface area (Å²) < 4.78 is 1.90. The van der Waals surface area contributed by atoms with Gasteiger partial charge >= 0.3 is 0 Å². The zero-order valence-electron chi connectivity index (χ0n) is 14.1. The number of carbonyl (C=O) groups is 1. The van der Waals surface area contributed by atoms with Gasteiger partial charge in [-0.3, -0.25) is 14.2 Å². The van der Waals surface area contributed by atoms with E-state index < -0.39 is 0 Å². The Labute approximate surface area is 142 Å². The average molecular weight is 322 g/mol. The standard InChI is InChI=1S/C19H22N4O/c1-3-16-18(23-13-6-5-7-17(23)21-16)19(24)22(4-2)14-10-15-8-11-20-12-9-15/h5-9,11-13H,3-4,10,14H2,1-2H3. The molecule has 0 bridgehead atoms. The number of imidazole rings is 1. The van der Waals surface area contributed by atoms with Crippen molar-refractivity contribution in [1.82, 2.24) is 19.3 Å². The number of nitrogens with zero attached hydrogens (tertiary/aromatic N) is 4. The fourth-order valence-corrected chi connectivity index (χ4v) is 2.88. The zero-order valence-corrected chi connectivity index (χ0v) is 14.1. The normalized spacial score (nSPS) is 10.9. The molecule has 0 aliphatic carbocycles. The first-order chi connectivity index (χ1) is 11.7. The van der Waals surface area contributed by atoms with Crippen LogP contribution >= 0.6 is 0 Å². The van der Waals surface area contributed by atoms with E-state index in [0.717, 1.165) is 24.2 Å². The molecule has 3 aromatic heterocycles. The Morgan fingerprint density at radius 3 is 2.67 bits per heavy atom. The summed E-state index contributed by atoms with van der Waals surface area (Å²) in [6.07, 6.45) is 7.04. The van der Waals surface area contributed by atoms with Gasteiger partial charge in [0.15, 0.2) is 0 Å². The van der Waals surface area contributed by atoms with Crippen LogP contribution in [0.4, 0.5) is 0 Å². The van der Waals surface area contributed by atoms with Gasteiger partial charge in [0, 0.05) is 31.7 Å². The first-order valence-electron chi connectivity index (χ1n) is 8.38. The van der Waals surface area contributed by atoms with E-state index in [1.165, 1.54) is 5.56 Å². The van der Waals surface area contributed by atoms with Gasteiger partial charge in [-0.1, -0.05) is 13.0 Å². The maximum Gasteiger partial charge on any atom is 0.272 e. The molecule has 5 heteroatoms. The van der Waals surface area contributed by atoms with E-state index in [1.54, 1.807) is 12.4 Å². The quantitative estimate of drug-likeness (QED) is 0.701. The second-order valence-corrected chi connectivity index (χ2v) is 5.68. The molecule has 0 atom stereocenters. The van der Waals surface area contributed by atoms with Gasteiger partial charge in [-0.2, -0.15) is 0 Å². The van der Waals surface area contributed by atoms with Crippen molar-refractivity contribution in [2.45, 2.75) is 26.7 Å². The Bertz CT molecular complexity index is 826. The fraction of sp³-hybridized carbons (Fsp3) is 0.316. The average Bonchev–Trinajstić information content (AvgIpc) is 3.01. The summed E-state index contributed by atoms with van der Waals surface area (Å²) in [4.78, 5) is 23.6. The van der Waals surface area contributed by atoms with Crippen molar-refractivity contribution in [1.29, 1.82) is 0 Å². The highest BCUT2D eigenvalue weighted by Gasteiger charge is 2.22. The maximum absolute atomic E-state index is 13.1. The molecular weight excluding hydrogens is 300 g/mol. The number of fused-ring (bicyclic) bond motifs is 1. The van der Waals surface area contributed by atoms with Gasteiger partial charge in [-0.15, -0.1) is 0 Å². The molecule has 0 saturated carbocycles. The van der Waals surface area contributed by atoms with Crippen molar-refractivity contribution in [2.75, 3.05) is 13.1 Å². The Morgan fingerprint density at radius 1 is 1.17 bits per heavy atom. The minimum Gasteiger partial charge on any atom is -0.337 e. The Balaban J connectivity index is 1.86. The lowest BCUT2D eigenvalue weighted by atomic mass is 10.1. The minimum atomic E-state index is 0.0436. The predicted octanol–water partition coefficient (Wildman–Crippen LogP) is 3.00. The molecular formula is C19H22N4O. The molecule has 0 unspecified atom stereocenters. The monoisotopic (exact) mass is 322 g/mol. The molecule has 0 aromatic carbocycles. The molecule has 124 valence electrons. The van der Waals surface area contributed by atoms with Crippen LogP contribution in [0.1, 0.15) is 35.6 Å². The van der Waals surface area contributed by atoms with E-state index in [0.29, 0.717) is 18.8 Å². The molecule has 0 saturated heterocycles. The van der Waals surface area contributed by atoms with E-state index >= 15 is 0 Å². The molecule has 0 radical (unpaired) electrons. The van der Waals surface area contributed by atoms with Gasteiger partial charge < -0.3 is 4.90 Å². The number of likely N-dealkylation sites (N-methyl/N-ethyl adjacent to an activating group) is 1. The Kier molecular flexibility index (Phi) is 4.89. The first kappa shape index (κ1) is 16.2. The number of pyridine rings is 2. The highest BCUT2D eigenvalue weighted by Crippen LogP contribution is 2.16. The molecule has 0 aliphatic rings. The lowest BCUT2D eigenvalue weighted by Gasteiger charge is -2.21. The second kappa shape index (κ2) is 7.25. The number of aryl methyl sites for hydroxylation is 1. The molecule has 0 spiro atoms. The topological polar surface area (TPSA) is 50.5 Å². The third-order valence-corrected chi connectivity index (χ3v) is 4.23. The van der Waals surface area contributed by atoms with Gasteiger partial charge in [0.1, 0.15) is 11.3 Å². The number of hydrogen-bond acceptors (Lipinski definition) is 3. The highest BCUT2D eigenvalue weighted by molar-refractivity contribution is 5.94. The third-order valence-electron chi connectivity index (χ3n) is 4.23. The van der Waals surface area contributed by atoms with Crippen molar-refractivity contribution in [3.05, 3.63) is 65.9 Å². The molecule has 0 fully saturated rings. The van der Waals surface area contributed by atoms with Crippen LogP contribution in [0.5, 0.6) is 0 Å². The number of amides is 1. The summed E-state index contributed by atoms with van der Waals surface area (Å²) >= 11 is 0. The molecule has 3 rings (SSSR count). The summed E-state index contributed by atoms with van der Waals surface area (Å²) in [7, 11) is 0. The van der Waals surface area contributed by atoms with Gasteiger partial charge in [0.2, 0.25) is 0 Å². The smallest absolute Gasteiger partial charge is 0.272 e. The molecule has 1 amide bonds. The van der Waals surface area contributed by atoms with Crippen molar-refractivity contribution in [2.24, 2.45) is 0 Å². The van der Waals surface area contributed by atoms with Gasteiger partial charge in [-0.05, 0) is 49.6 Å². The Morgan fingerprint density at radius 2 is 1.96 bits per heavy atom. The number of aromatic nitrogens is 3. The van der Waals surface area contributed by atoms with Crippen LogP contribution in [-0.2, 0) is 12.8 Å². The molecule has 0 aliphatic heterocycles. The lowest BCUT2D eigenvalue weighted by Crippen LogP contribution is -2.34. The molecule has 5 nitrogen and oxygen atoms in total. The van der Waals surface area contributed by atoms with E-state index in [2.05, 4.69) is 9.97 Å². The first-order valence-corrected chi connectivity index (χ1v) is 8.38. The van der Waals surface area contributed by atoms with Crippen LogP contribution in [0.2, 0.25) is 0 Å². The third kappa shape index (κ3) is 3.15. The summed E-state index contributed by atoms with van der Waals surface area (Å²) in [5.41, 5.74) is 3.55. The summed E-state index contributed by atoms with van der Waals surface area (Å²) in [5.74, 6) is 0.0436. The molecule has 3 heterocycles. The lowest BCUT2D eigenvalue weighted by molar-refractivity contribution is 0.0758. The van der Waals surface area contributed by atoms with Crippen LogP contribution in [0.25, 0.3) is 5.65 Å². The Hall–Kier alpha value is -2.69. The van der Waals surface area contributed by atoms with Crippen LogP contribution in [-0.4, -0.2) is 38.3 Å². The van der Waals surface area contributed by atoms with E-state index in [-0.39, 0.29) is 5.91 Å². The van der Waals surface area contributed by atoms with Crippen molar-refractivity contribution in [3.63, 3.8) is 0 Å². The minimum absolute atomic E-state index is 0.0436. The summed E-state index contributed by atoms with van der Waals surface area (Å²) in [6, 6.07) is 9.78. The predicted molar refractivity (Wildman–Crippen MR) is 94.1 cm³/mol. The van der Waals surface area contributed by atoms with E-state index in [4.69, 9.17) is 0 Å². The SMILES string of the molecule is CCc1nc2ccccn2c1C(=O)N(CC)CCc1ccncc1. The van der Waals surface area contributed by atoms with Crippen molar-refractivity contribution >= 4 is 11.6 Å². The van der Waals surface area contributed by atoms with Crippen molar-refractivity contribution < 1.29 is 4.79 Å². The van der Waals surface area contributed by atoms with Crippen molar-refractivity contribution in [3.8, 4) is 0 Å². The molecule has 0 N–H and O–H groups in total. The van der Waals surface area contributed by atoms with Crippen LogP contribution in [0.15, 0.2) is 48.9 Å². The fourth-order valence-electron chi connectivity index (χ4n) is 2.88. The van der Waals surface area contributed by atoms with Gasteiger partial charge in [0.05, 0.1) is 5.69 Å². The number of hydrogen-bond donors (Lipinski definition) is 0. The van der Waals surface area contributed by atoms with E-state index in [1.807, 2.05) is 59.7 Å². The van der Waals surface area contributed by atoms with Crippen LogP contribution in [0.3, 0.4) is 0 Å². The van der Waals surface area contributed by atoms with E-state index in [9.17, 15) is 4.79 Å². The van der Waals surface area contributed by atoms with Gasteiger partial charge in [0.25, 0.3) is 5.91 Å². The summed E-state index contributed by atoms with van der Waals surface area (Å²) in [5, 5.41) is 0. The van der Waals surface area contributed by atoms with Gasteiger partial charge in [-0.25, -0.2) is 4.98 Å².